The lowest BCUT2D eigenvalue weighted by Gasteiger charge is -2.34. The van der Waals surface area contributed by atoms with Gasteiger partial charge in [-0.25, -0.2) is 0 Å². The summed E-state index contributed by atoms with van der Waals surface area (Å²) in [5.41, 5.74) is 0. The lowest BCUT2D eigenvalue weighted by molar-refractivity contribution is 0.168. The van der Waals surface area contributed by atoms with Gasteiger partial charge < -0.3 is 15.0 Å². The molecule has 0 aromatic heterocycles. The first kappa shape index (κ1) is 12.7. The maximum Gasteiger partial charge on any atom is 0.0623 e. The summed E-state index contributed by atoms with van der Waals surface area (Å²) in [6.07, 6.45) is 1.30. The third-order valence-electron chi connectivity index (χ3n) is 3.74. The third-order valence-corrected chi connectivity index (χ3v) is 5.11. The average Bonchev–Trinajstić information content (AvgIpc) is 2.76. The lowest BCUT2D eigenvalue weighted by atomic mass is 10.0. The number of hydrogen-bond donors (Lipinski definition) is 1. The van der Waals surface area contributed by atoms with Gasteiger partial charge >= 0.3 is 0 Å². The predicted molar refractivity (Wildman–Crippen MR) is 70.1 cm³/mol. The van der Waals surface area contributed by atoms with Crippen molar-refractivity contribution >= 4 is 11.8 Å². The molecule has 3 nitrogen and oxygen atoms in total. The van der Waals surface area contributed by atoms with Gasteiger partial charge in [0.25, 0.3) is 0 Å². The Balaban J connectivity index is 1.79. The molecule has 94 valence electrons. The van der Waals surface area contributed by atoms with E-state index in [-0.39, 0.29) is 0 Å². The minimum atomic E-state index is 0.564. The van der Waals surface area contributed by atoms with E-state index in [0.29, 0.717) is 12.0 Å². The summed E-state index contributed by atoms with van der Waals surface area (Å²) in [5.74, 6) is 1.99. The zero-order valence-electron chi connectivity index (χ0n) is 10.4. The summed E-state index contributed by atoms with van der Waals surface area (Å²) in [5, 5.41) is 4.22. The van der Waals surface area contributed by atoms with Gasteiger partial charge in [-0.1, -0.05) is 6.92 Å². The Morgan fingerprint density at radius 2 is 2.31 bits per heavy atom. The molecule has 2 fully saturated rings. The fraction of sp³-hybridized carbons (Fsp3) is 1.00. The first-order valence-corrected chi connectivity index (χ1v) is 7.47. The molecule has 2 saturated heterocycles. The highest BCUT2D eigenvalue weighted by molar-refractivity contribution is 8.00. The molecule has 0 aliphatic carbocycles. The molecule has 2 heterocycles. The zero-order chi connectivity index (χ0) is 11.4. The minimum Gasteiger partial charge on any atom is -0.379 e. The Labute approximate surface area is 103 Å². The van der Waals surface area contributed by atoms with Crippen LogP contribution in [0, 0.1) is 5.92 Å². The van der Waals surface area contributed by atoms with Crippen LogP contribution in [0.4, 0.5) is 0 Å². The second-order valence-corrected chi connectivity index (χ2v) is 6.26. The first-order chi connectivity index (χ1) is 7.83. The standard InChI is InChI=1S/C12H24N2OS/c1-3-11-7-14(4-5-16-11)6-10-8-15-9-12(10)13-2/h10-13H,3-9H2,1-2H3. The van der Waals surface area contributed by atoms with E-state index in [1.165, 1.54) is 31.8 Å². The van der Waals surface area contributed by atoms with Gasteiger partial charge in [-0.3, -0.25) is 0 Å². The van der Waals surface area contributed by atoms with Crippen molar-refractivity contribution in [1.29, 1.82) is 0 Å². The molecule has 2 aliphatic heterocycles. The summed E-state index contributed by atoms with van der Waals surface area (Å²) in [6, 6.07) is 0.564. The van der Waals surface area contributed by atoms with Crippen LogP contribution in [0.25, 0.3) is 0 Å². The van der Waals surface area contributed by atoms with Crippen molar-refractivity contribution < 1.29 is 4.74 Å². The number of likely N-dealkylation sites (N-methyl/N-ethyl adjacent to an activating group) is 1. The molecular weight excluding hydrogens is 220 g/mol. The molecule has 0 amide bonds. The molecule has 0 radical (unpaired) electrons. The number of rotatable bonds is 4. The predicted octanol–water partition coefficient (Wildman–Crippen LogP) is 1.05. The molecule has 4 heteroatoms. The van der Waals surface area contributed by atoms with Crippen LogP contribution in [0.1, 0.15) is 13.3 Å². The molecule has 0 saturated carbocycles. The molecule has 0 spiro atoms. The lowest BCUT2D eigenvalue weighted by Crippen LogP contribution is -2.45. The van der Waals surface area contributed by atoms with Crippen LogP contribution in [0.15, 0.2) is 0 Å². The molecule has 2 aliphatic rings. The summed E-state index contributed by atoms with van der Waals surface area (Å²) < 4.78 is 5.56. The van der Waals surface area contributed by atoms with Crippen molar-refractivity contribution in [2.75, 3.05) is 45.6 Å². The minimum absolute atomic E-state index is 0.564. The first-order valence-electron chi connectivity index (χ1n) is 6.42. The molecule has 0 aromatic carbocycles. The molecule has 0 aromatic rings. The number of nitrogens with zero attached hydrogens (tertiary/aromatic N) is 1. The van der Waals surface area contributed by atoms with Crippen LogP contribution in [0.2, 0.25) is 0 Å². The number of ether oxygens (including phenoxy) is 1. The zero-order valence-corrected chi connectivity index (χ0v) is 11.3. The van der Waals surface area contributed by atoms with Crippen molar-refractivity contribution in [3.8, 4) is 0 Å². The smallest absolute Gasteiger partial charge is 0.0623 e. The molecule has 3 unspecified atom stereocenters. The van der Waals surface area contributed by atoms with E-state index in [1.54, 1.807) is 0 Å². The van der Waals surface area contributed by atoms with Crippen molar-refractivity contribution in [3.05, 3.63) is 0 Å². The van der Waals surface area contributed by atoms with Crippen molar-refractivity contribution in [3.63, 3.8) is 0 Å². The van der Waals surface area contributed by atoms with Crippen LogP contribution >= 0.6 is 11.8 Å². The summed E-state index contributed by atoms with van der Waals surface area (Å²) >= 11 is 2.14. The van der Waals surface area contributed by atoms with E-state index in [9.17, 15) is 0 Å². The van der Waals surface area contributed by atoms with Gasteiger partial charge in [0.05, 0.1) is 13.2 Å². The van der Waals surface area contributed by atoms with E-state index >= 15 is 0 Å². The largest absolute Gasteiger partial charge is 0.379 e. The van der Waals surface area contributed by atoms with E-state index in [1.807, 2.05) is 7.05 Å². The average molecular weight is 244 g/mol. The van der Waals surface area contributed by atoms with E-state index in [4.69, 9.17) is 4.74 Å². The van der Waals surface area contributed by atoms with E-state index in [2.05, 4.69) is 28.9 Å². The molecule has 2 rings (SSSR count). The number of thioether (sulfide) groups is 1. The second kappa shape index (κ2) is 6.24. The second-order valence-electron chi connectivity index (χ2n) is 4.85. The fourth-order valence-corrected chi connectivity index (χ4v) is 3.87. The maximum atomic E-state index is 5.56. The van der Waals surface area contributed by atoms with Gasteiger partial charge in [-0.15, -0.1) is 0 Å². The highest BCUT2D eigenvalue weighted by atomic mass is 32.2. The van der Waals surface area contributed by atoms with Gasteiger partial charge in [0.1, 0.15) is 0 Å². The maximum absolute atomic E-state index is 5.56. The number of hydrogen-bond acceptors (Lipinski definition) is 4. The summed E-state index contributed by atoms with van der Waals surface area (Å²) in [4.78, 5) is 2.63. The Kier molecular flexibility index (Phi) is 4.95. The van der Waals surface area contributed by atoms with Crippen LogP contribution < -0.4 is 5.32 Å². The van der Waals surface area contributed by atoms with Gasteiger partial charge in [-0.2, -0.15) is 11.8 Å². The quantitative estimate of drug-likeness (QED) is 0.799. The van der Waals surface area contributed by atoms with Crippen LogP contribution in [-0.2, 0) is 4.74 Å². The van der Waals surface area contributed by atoms with Gasteiger partial charge in [0.2, 0.25) is 0 Å². The summed E-state index contributed by atoms with van der Waals surface area (Å²) in [7, 11) is 2.05. The Morgan fingerprint density at radius 1 is 1.44 bits per heavy atom. The topological polar surface area (TPSA) is 24.5 Å². The van der Waals surface area contributed by atoms with Crippen LogP contribution in [-0.4, -0.2) is 61.8 Å². The number of nitrogens with one attached hydrogen (secondary N) is 1. The Bertz CT molecular complexity index is 215. The van der Waals surface area contributed by atoms with Crippen molar-refractivity contribution in [1.82, 2.24) is 10.2 Å². The highest BCUT2D eigenvalue weighted by Gasteiger charge is 2.30. The van der Waals surface area contributed by atoms with E-state index in [0.717, 1.165) is 18.5 Å². The van der Waals surface area contributed by atoms with Gasteiger partial charge in [-0.05, 0) is 13.5 Å². The highest BCUT2D eigenvalue weighted by Crippen LogP contribution is 2.23. The molecule has 3 atom stereocenters. The molecular formula is C12H24N2OS. The third kappa shape index (κ3) is 3.13. The fourth-order valence-electron chi connectivity index (χ4n) is 2.62. The van der Waals surface area contributed by atoms with Crippen LogP contribution in [0.3, 0.4) is 0 Å². The molecule has 16 heavy (non-hydrogen) atoms. The summed E-state index contributed by atoms with van der Waals surface area (Å²) in [6.45, 7) is 7.87. The van der Waals surface area contributed by atoms with Crippen molar-refractivity contribution in [2.24, 2.45) is 5.92 Å². The van der Waals surface area contributed by atoms with E-state index < -0.39 is 0 Å². The molecule has 0 bridgehead atoms. The Morgan fingerprint density at radius 3 is 3.06 bits per heavy atom. The van der Waals surface area contributed by atoms with Crippen molar-refractivity contribution in [2.45, 2.75) is 24.6 Å². The normalized spacial score (nSPS) is 36.8. The van der Waals surface area contributed by atoms with Crippen LogP contribution in [0.5, 0.6) is 0 Å². The Hall–Kier alpha value is 0.230. The SMILES string of the molecule is CCC1CN(CC2COCC2NC)CCS1. The van der Waals surface area contributed by atoms with Gasteiger partial charge in [0, 0.05) is 42.6 Å². The monoisotopic (exact) mass is 244 g/mol. The molecule has 1 N–H and O–H groups in total. The van der Waals surface area contributed by atoms with Gasteiger partial charge in [0.15, 0.2) is 0 Å².